The van der Waals surface area contributed by atoms with Gasteiger partial charge in [0.1, 0.15) is 75.1 Å². The van der Waals surface area contributed by atoms with Crippen LogP contribution in [0.25, 0.3) is 11.1 Å². The van der Waals surface area contributed by atoms with E-state index in [1.54, 1.807) is 16.7 Å². The van der Waals surface area contributed by atoms with E-state index >= 15 is 0 Å². The Bertz CT molecular complexity index is 2280. The summed E-state index contributed by atoms with van der Waals surface area (Å²) in [6.45, 7) is 2.01. The fourth-order valence-corrected chi connectivity index (χ4v) is 8.22. The Morgan fingerprint density at radius 2 is 1.29 bits per heavy atom. The van der Waals surface area contributed by atoms with Crippen LogP contribution in [0.2, 0.25) is 0 Å². The molecule has 0 spiro atoms. The third kappa shape index (κ3) is 9.82. The summed E-state index contributed by atoms with van der Waals surface area (Å²) >= 11 is 1.19. The van der Waals surface area contributed by atoms with Gasteiger partial charge in [-0.2, -0.15) is 18.2 Å². The van der Waals surface area contributed by atoms with Crippen LogP contribution in [0.5, 0.6) is 0 Å². The second kappa shape index (κ2) is 17.7. The molecule has 24 radical (unpaired) electrons. The van der Waals surface area contributed by atoms with Gasteiger partial charge in [-0.05, 0) is 53.6 Å². The first-order valence-electron chi connectivity index (χ1n) is 18.0. The number of thioether (sulfide) groups is 1. The lowest BCUT2D eigenvalue weighted by atomic mass is 9.54. The molecule has 6 nitrogen and oxygen atoms in total. The molecule has 0 aliphatic heterocycles. The average molecular weight is 784 g/mol. The fourth-order valence-electron chi connectivity index (χ4n) is 7.26. The highest BCUT2D eigenvalue weighted by atomic mass is 32.2. The second-order valence-electron chi connectivity index (χ2n) is 14.8. The van der Waals surface area contributed by atoms with E-state index in [-0.39, 0.29) is 69.9 Å². The van der Waals surface area contributed by atoms with E-state index in [1.807, 2.05) is 0 Å². The van der Waals surface area contributed by atoms with Crippen LogP contribution in [0.3, 0.4) is 0 Å². The van der Waals surface area contributed by atoms with Crippen molar-refractivity contribution in [3.05, 3.63) is 68.4 Å². The Kier molecular flexibility index (Phi) is 14.0. The van der Waals surface area contributed by atoms with E-state index in [0.29, 0.717) is 36.3 Å². The maximum atomic E-state index is 14.6. The number of hydrogen-bond acceptors (Lipinski definition) is 5. The van der Waals surface area contributed by atoms with Gasteiger partial charge in [-0.25, -0.2) is 4.39 Å². The van der Waals surface area contributed by atoms with Crippen molar-refractivity contribution in [1.82, 2.24) is 19.4 Å². The minimum Gasteiger partial charge on any atom is -0.336 e. The number of carbonyl (C=O) groups is 1. The van der Waals surface area contributed by atoms with Gasteiger partial charge in [-0.15, -0.1) is 0 Å². The first kappa shape index (κ1) is 46.9. The molecule has 0 atom stereocenters. The highest BCUT2D eigenvalue weighted by Gasteiger charge is 2.36. The smallest absolute Gasteiger partial charge is 0.336 e. The molecule has 0 bridgehead atoms. The van der Waals surface area contributed by atoms with Crippen molar-refractivity contribution < 1.29 is 22.4 Å². The Morgan fingerprint density at radius 1 is 0.780 bits per heavy atom. The van der Waals surface area contributed by atoms with E-state index in [9.17, 15) is 27.2 Å². The third-order valence-electron chi connectivity index (χ3n) is 10.2. The summed E-state index contributed by atoms with van der Waals surface area (Å²) in [7, 11) is 75.0. The number of amides is 1. The lowest BCUT2D eigenvalue weighted by Crippen LogP contribution is -2.62. The molecule has 1 aliphatic rings. The molecular formula is C36H26B12F4N4O2S. The molecule has 1 aromatic heterocycles. The van der Waals surface area contributed by atoms with Crippen LogP contribution in [-0.4, -0.2) is 143 Å². The Balaban J connectivity index is 1.61. The molecule has 272 valence electrons. The molecule has 0 unspecified atom stereocenters. The maximum absolute atomic E-state index is 14.6. The van der Waals surface area contributed by atoms with Crippen molar-refractivity contribution in [3.63, 3.8) is 0 Å². The lowest BCUT2D eigenvalue weighted by molar-refractivity contribution is -0.136. The van der Waals surface area contributed by atoms with E-state index in [1.165, 1.54) is 47.5 Å². The third-order valence-corrected chi connectivity index (χ3v) is 11.2. The van der Waals surface area contributed by atoms with Crippen LogP contribution >= 0.6 is 11.8 Å². The second-order valence-corrected chi connectivity index (χ2v) is 15.8. The van der Waals surface area contributed by atoms with Gasteiger partial charge in [0.25, 0.3) is 5.56 Å². The number of halogens is 4. The number of benzene rings is 3. The monoisotopic (exact) mass is 786 g/mol. The van der Waals surface area contributed by atoms with Gasteiger partial charge in [-0.3, -0.25) is 9.59 Å². The Morgan fingerprint density at radius 3 is 1.78 bits per heavy atom. The van der Waals surface area contributed by atoms with Crippen LogP contribution in [0.1, 0.15) is 48.2 Å². The Hall–Kier alpha value is -3.18. The topological polar surface area (TPSA) is 58.4 Å². The van der Waals surface area contributed by atoms with Gasteiger partial charge >= 0.3 is 6.18 Å². The number of hydrogen-bond donors (Lipinski definition) is 0. The fraction of sp³-hybridized carbons (Fsp3) is 0.361. The SMILES string of the molecule is [B]c1c([B])c(-c2c([B])c([B])c(C(F)(F)F)c([B])c2[B])c([B])c([B])c1CN(CCN(C([B])([B])C)C([B])([B])C)C(=O)Cn1c(SCc2ccc(F)cc2)nc(=O)c2c1CCC2. The quantitative estimate of drug-likeness (QED) is 0.0594. The molecule has 3 aromatic carbocycles. The van der Waals surface area contributed by atoms with Crippen molar-refractivity contribution >= 4 is 156 Å². The minimum atomic E-state index is -5.01. The standard InChI is InChI=1S/C36H26B12F4N4O2S/c1-34(45,46)56(35(2,47)48)11-10-54(20(57)13-55-19-5-3-4-17(19)32(58)53-33(55)59-14-15-6-8-16(49)9-7-15)12-18-24(37)26(39)21(27(40)25(18)38)22-28(41)30(43)23(36(50,51)52)31(44)29(22)42/h6-9H,3-5,10-14H2,1-2H3. The highest BCUT2D eigenvalue weighted by molar-refractivity contribution is 7.98. The lowest BCUT2D eigenvalue weighted by Gasteiger charge is -2.48. The molecule has 4 aromatic rings. The van der Waals surface area contributed by atoms with Gasteiger partial charge < -0.3 is 14.4 Å². The molecule has 0 saturated heterocycles. The van der Waals surface area contributed by atoms with Crippen molar-refractivity contribution in [2.24, 2.45) is 0 Å². The summed E-state index contributed by atoms with van der Waals surface area (Å²) in [5.74, 6) is -0.637. The summed E-state index contributed by atoms with van der Waals surface area (Å²) in [5, 5.41) is -2.88. The van der Waals surface area contributed by atoms with E-state index < -0.39 is 61.5 Å². The number of nitrogens with zero attached hydrogens (tertiary/aromatic N) is 4. The van der Waals surface area contributed by atoms with Gasteiger partial charge in [0.05, 0.1) is 31.4 Å². The predicted octanol–water partition coefficient (Wildman–Crippen LogP) is -4.45. The van der Waals surface area contributed by atoms with E-state index in [0.717, 1.165) is 5.56 Å². The van der Waals surface area contributed by atoms with Crippen LogP contribution in [0.15, 0.2) is 34.2 Å². The predicted molar refractivity (Wildman–Crippen MR) is 238 cm³/mol. The number of carbonyl (C=O) groups excluding carboxylic acids is 1. The zero-order chi connectivity index (χ0) is 44.1. The van der Waals surface area contributed by atoms with Crippen molar-refractivity contribution in [2.45, 2.75) is 74.0 Å². The average Bonchev–Trinajstić information content (AvgIpc) is 3.63. The van der Waals surface area contributed by atoms with Gasteiger partial charge in [-0.1, -0.05) is 92.1 Å². The normalized spacial score (nSPS) is 13.2. The van der Waals surface area contributed by atoms with Crippen LogP contribution < -0.4 is 49.3 Å². The molecular weight excluding hydrogens is 758 g/mol. The van der Waals surface area contributed by atoms with Crippen molar-refractivity contribution in [3.8, 4) is 11.1 Å². The summed E-state index contributed by atoms with van der Waals surface area (Å²) < 4.78 is 56.9. The Labute approximate surface area is 362 Å². The number of rotatable bonds is 13. The summed E-state index contributed by atoms with van der Waals surface area (Å²) in [5.41, 5.74) is -4.60. The first-order valence-corrected chi connectivity index (χ1v) is 19.0. The summed E-state index contributed by atoms with van der Waals surface area (Å²) in [6, 6.07) is 5.83. The van der Waals surface area contributed by atoms with Crippen LogP contribution in [-0.2, 0) is 42.7 Å². The first-order chi connectivity index (χ1) is 27.2. The number of alkyl halides is 3. The highest BCUT2D eigenvalue weighted by Crippen LogP contribution is 2.28. The van der Waals surface area contributed by atoms with Gasteiger partial charge in [0.2, 0.25) is 5.91 Å². The molecule has 0 fully saturated rings. The molecule has 0 saturated carbocycles. The largest absolute Gasteiger partial charge is 0.415 e. The van der Waals surface area contributed by atoms with Gasteiger partial charge in [0, 0.05) is 42.2 Å². The molecule has 5 rings (SSSR count). The van der Waals surface area contributed by atoms with Crippen molar-refractivity contribution in [1.29, 1.82) is 0 Å². The summed E-state index contributed by atoms with van der Waals surface area (Å²) in [6.07, 6.45) is -3.39. The molecule has 0 N–H and O–H groups in total. The molecule has 1 heterocycles. The van der Waals surface area contributed by atoms with E-state index in [2.05, 4.69) is 4.98 Å². The number of fused-ring (bicyclic) bond motifs is 1. The molecule has 23 heteroatoms. The molecule has 1 amide bonds. The zero-order valence-electron chi connectivity index (χ0n) is 32.4. The molecule has 59 heavy (non-hydrogen) atoms. The number of aromatic nitrogens is 2. The van der Waals surface area contributed by atoms with Crippen LogP contribution in [0.4, 0.5) is 17.6 Å². The van der Waals surface area contributed by atoms with Crippen LogP contribution in [0, 0.1) is 5.82 Å². The summed E-state index contributed by atoms with van der Waals surface area (Å²) in [4.78, 5) is 34.8. The van der Waals surface area contributed by atoms with Gasteiger partial charge in [0.15, 0.2) is 5.16 Å². The van der Waals surface area contributed by atoms with E-state index in [4.69, 9.17) is 94.2 Å². The molecule has 1 aliphatic carbocycles. The minimum absolute atomic E-state index is 0.0503. The maximum Gasteiger partial charge on any atom is 0.415 e. The van der Waals surface area contributed by atoms with Crippen molar-refractivity contribution in [2.75, 3.05) is 13.1 Å². The zero-order valence-corrected chi connectivity index (χ0v) is 33.2.